The Bertz CT molecular complexity index is 1410. The summed E-state index contributed by atoms with van der Waals surface area (Å²) in [6.45, 7) is 7.28. The Labute approximate surface area is 239 Å². The van der Waals surface area contributed by atoms with Crippen molar-refractivity contribution in [3.63, 3.8) is 0 Å². The molecule has 0 bridgehead atoms. The average Bonchev–Trinajstić information content (AvgIpc) is 3.34. The highest BCUT2D eigenvalue weighted by Crippen LogP contribution is 2.31. The number of aliphatic carboxylic acids is 2. The van der Waals surface area contributed by atoms with Gasteiger partial charge in [0.2, 0.25) is 0 Å². The number of halogens is 6. The Kier molecular flexibility index (Phi) is 11.3. The second-order valence-electron chi connectivity index (χ2n) is 9.40. The average molecular weight is 621 g/mol. The van der Waals surface area contributed by atoms with Gasteiger partial charge in [-0.3, -0.25) is 0 Å². The van der Waals surface area contributed by atoms with Crippen LogP contribution in [0.2, 0.25) is 0 Å². The van der Waals surface area contributed by atoms with E-state index < -0.39 is 29.9 Å². The van der Waals surface area contributed by atoms with Gasteiger partial charge in [0.15, 0.2) is 0 Å². The molecule has 0 spiro atoms. The quantitative estimate of drug-likeness (QED) is 0.309. The fraction of sp³-hybridized carbons (Fsp3) is 0.400. The van der Waals surface area contributed by atoms with Gasteiger partial charge in [-0.2, -0.15) is 36.7 Å². The van der Waals surface area contributed by atoms with E-state index in [4.69, 9.17) is 24.5 Å². The number of nitriles is 1. The van der Waals surface area contributed by atoms with Crippen LogP contribution in [0.1, 0.15) is 19.4 Å². The maximum Gasteiger partial charge on any atom is 0.490 e. The molecule has 3 aromatic rings. The van der Waals surface area contributed by atoms with Crippen LogP contribution >= 0.6 is 0 Å². The number of carboxylic acids is 2. The molecule has 0 amide bonds. The number of ether oxygens (including phenoxy) is 1. The topological polar surface area (TPSA) is 173 Å². The predicted octanol–water partition coefficient (Wildman–Crippen LogP) is 3.09. The van der Waals surface area contributed by atoms with Gasteiger partial charge in [-0.25, -0.2) is 19.1 Å². The molecule has 18 heteroatoms. The summed E-state index contributed by atoms with van der Waals surface area (Å²) >= 11 is 0. The number of carboxylic acid groups (broad SMARTS) is 2. The summed E-state index contributed by atoms with van der Waals surface area (Å²) in [7, 11) is 0. The van der Waals surface area contributed by atoms with Gasteiger partial charge >= 0.3 is 24.3 Å². The number of aromatic nitrogens is 3. The second kappa shape index (κ2) is 14.0. The molecule has 0 aromatic carbocycles. The Morgan fingerprint density at radius 3 is 2.05 bits per heavy atom. The number of carbonyl (C=O) groups is 2. The molecule has 0 unspecified atom stereocenters. The molecule has 3 aromatic heterocycles. The van der Waals surface area contributed by atoms with Crippen LogP contribution in [0.3, 0.4) is 0 Å². The van der Waals surface area contributed by atoms with Crippen LogP contribution in [0.5, 0.6) is 5.75 Å². The van der Waals surface area contributed by atoms with Gasteiger partial charge in [0, 0.05) is 43.5 Å². The van der Waals surface area contributed by atoms with Gasteiger partial charge in [-0.15, -0.1) is 0 Å². The van der Waals surface area contributed by atoms with E-state index in [2.05, 4.69) is 26.4 Å². The van der Waals surface area contributed by atoms with E-state index in [1.54, 1.807) is 30.8 Å². The molecule has 1 saturated heterocycles. The summed E-state index contributed by atoms with van der Waals surface area (Å²) in [6, 6.07) is 8.08. The number of nitrogens with one attached hydrogen (secondary N) is 1. The summed E-state index contributed by atoms with van der Waals surface area (Å²) in [5, 5.41) is 41.3. The van der Waals surface area contributed by atoms with E-state index in [0.29, 0.717) is 16.8 Å². The third-order valence-electron chi connectivity index (χ3n) is 5.28. The smallest absolute Gasteiger partial charge is 0.489 e. The van der Waals surface area contributed by atoms with Gasteiger partial charge in [0.25, 0.3) is 0 Å². The van der Waals surface area contributed by atoms with Crippen LogP contribution in [-0.2, 0) is 9.59 Å². The molecule has 43 heavy (non-hydrogen) atoms. The zero-order valence-corrected chi connectivity index (χ0v) is 22.6. The summed E-state index contributed by atoms with van der Waals surface area (Å²) in [4.78, 5) is 24.7. The number of piperazine rings is 1. The van der Waals surface area contributed by atoms with E-state index in [1.165, 1.54) is 0 Å². The molecule has 4 rings (SSSR count). The molecule has 1 aliphatic rings. The number of fused-ring (bicyclic) bond motifs is 1. The van der Waals surface area contributed by atoms with Crippen LogP contribution in [0.4, 0.5) is 32.2 Å². The first-order valence-corrected chi connectivity index (χ1v) is 12.1. The van der Waals surface area contributed by atoms with Gasteiger partial charge in [-0.05, 0) is 32.0 Å². The first-order valence-electron chi connectivity index (χ1n) is 12.1. The summed E-state index contributed by atoms with van der Waals surface area (Å²) < 4.78 is 70.9. The van der Waals surface area contributed by atoms with E-state index in [9.17, 15) is 36.7 Å². The van der Waals surface area contributed by atoms with Crippen molar-refractivity contribution in [3.8, 4) is 22.9 Å². The van der Waals surface area contributed by atoms with Crippen molar-refractivity contribution < 1.29 is 56.0 Å². The van der Waals surface area contributed by atoms with E-state index in [1.807, 2.05) is 24.4 Å². The molecule has 12 nitrogen and oxygen atoms in total. The number of rotatable bonds is 5. The lowest BCUT2D eigenvalue weighted by atomic mass is 10.1. The van der Waals surface area contributed by atoms with Crippen molar-refractivity contribution >= 4 is 23.3 Å². The monoisotopic (exact) mass is 620 g/mol. The molecule has 1 aliphatic heterocycles. The number of aliphatic hydroxyl groups is 1. The lowest BCUT2D eigenvalue weighted by Crippen LogP contribution is -2.43. The van der Waals surface area contributed by atoms with E-state index >= 15 is 0 Å². The highest BCUT2D eigenvalue weighted by Gasteiger charge is 2.38. The number of alkyl halides is 6. The van der Waals surface area contributed by atoms with Gasteiger partial charge in [-0.1, -0.05) is 0 Å². The van der Waals surface area contributed by atoms with Crippen molar-refractivity contribution in [2.24, 2.45) is 0 Å². The Morgan fingerprint density at radius 2 is 1.60 bits per heavy atom. The highest BCUT2D eigenvalue weighted by molar-refractivity contribution is 5.85. The molecule has 4 heterocycles. The normalized spacial score (nSPS) is 13.6. The Hall–Kier alpha value is -4.63. The molecular weight excluding hydrogens is 594 g/mol. The minimum atomic E-state index is -5.08. The number of pyridine rings is 2. The summed E-state index contributed by atoms with van der Waals surface area (Å²) in [5.74, 6) is -4.01. The van der Waals surface area contributed by atoms with E-state index in [-0.39, 0.29) is 6.61 Å². The van der Waals surface area contributed by atoms with Gasteiger partial charge in [0.05, 0.1) is 29.1 Å². The maximum atomic E-state index is 10.6. The van der Waals surface area contributed by atoms with Crippen molar-refractivity contribution in [1.82, 2.24) is 19.9 Å². The van der Waals surface area contributed by atoms with Gasteiger partial charge in [0.1, 0.15) is 24.2 Å². The molecule has 0 atom stereocenters. The Morgan fingerprint density at radius 1 is 1.05 bits per heavy atom. The molecule has 0 aliphatic carbocycles. The maximum absolute atomic E-state index is 10.6. The number of anilines is 1. The minimum absolute atomic E-state index is 0.143. The van der Waals surface area contributed by atoms with Crippen molar-refractivity contribution in [1.29, 1.82) is 5.26 Å². The molecule has 0 saturated carbocycles. The fourth-order valence-electron chi connectivity index (χ4n) is 3.36. The lowest BCUT2D eigenvalue weighted by molar-refractivity contribution is -0.193. The van der Waals surface area contributed by atoms with Crippen molar-refractivity contribution in [3.05, 3.63) is 42.4 Å². The summed E-state index contributed by atoms with van der Waals surface area (Å²) in [5.41, 5.74) is 1.93. The highest BCUT2D eigenvalue weighted by atomic mass is 19.4. The van der Waals surface area contributed by atoms with Crippen LogP contribution in [0.25, 0.3) is 16.6 Å². The summed E-state index contributed by atoms with van der Waals surface area (Å²) in [6.07, 6.45) is -5.09. The zero-order chi connectivity index (χ0) is 32.6. The van der Waals surface area contributed by atoms with E-state index in [0.717, 1.165) is 43.1 Å². The molecule has 0 radical (unpaired) electrons. The predicted molar refractivity (Wildman–Crippen MR) is 137 cm³/mol. The van der Waals surface area contributed by atoms with Crippen LogP contribution in [0, 0.1) is 11.3 Å². The Balaban J connectivity index is 0.000000384. The first kappa shape index (κ1) is 34.6. The molecule has 4 N–H and O–H groups in total. The van der Waals surface area contributed by atoms with Crippen molar-refractivity contribution in [2.75, 3.05) is 37.7 Å². The standard InChI is InChI=1S/C21H24N6O2.2C2HF3O2/c1-21(2,28)14-29-17-9-18(20-16(10-22)12-25-27(20)13-17)15-3-4-19(24-11-15)26-7-5-23-6-8-26;2*3-2(4,5)1(6)7/h3-4,9,11-13,23,28H,5-8,14H2,1-2H3;2*(H,6,7). The number of hydrogen-bond acceptors (Lipinski definition) is 9. The fourth-order valence-corrected chi connectivity index (χ4v) is 3.36. The third kappa shape index (κ3) is 10.6. The molecule has 1 fully saturated rings. The first-order chi connectivity index (χ1) is 19.8. The van der Waals surface area contributed by atoms with Crippen LogP contribution < -0.4 is 15.0 Å². The van der Waals surface area contributed by atoms with Crippen LogP contribution in [0.15, 0.2) is 36.8 Å². The largest absolute Gasteiger partial charge is 0.490 e. The SMILES string of the molecule is CC(C)(O)COc1cc(-c2ccc(N3CCNCC3)nc2)c2c(C#N)cnn2c1.O=C(O)C(F)(F)F.O=C(O)C(F)(F)F. The lowest BCUT2D eigenvalue weighted by Gasteiger charge is -2.28. The number of hydrogen-bond donors (Lipinski definition) is 4. The third-order valence-corrected chi connectivity index (χ3v) is 5.28. The minimum Gasteiger partial charge on any atom is -0.489 e. The number of nitrogens with zero attached hydrogens (tertiary/aromatic N) is 5. The van der Waals surface area contributed by atoms with Crippen molar-refractivity contribution in [2.45, 2.75) is 31.8 Å². The second-order valence-corrected chi connectivity index (χ2v) is 9.40. The van der Waals surface area contributed by atoms with Crippen LogP contribution in [-0.4, -0.2) is 92.6 Å². The zero-order valence-electron chi connectivity index (χ0n) is 22.6. The molecule has 234 valence electrons. The van der Waals surface area contributed by atoms with Gasteiger partial charge < -0.3 is 30.3 Å². The molecular formula is C25H26F6N6O6.